The molecule has 3 saturated heterocycles. The Kier molecular flexibility index (Phi) is 6.75. The van der Waals surface area contributed by atoms with Crippen molar-refractivity contribution in [3.8, 4) is 0 Å². The molecule has 186 valence electrons. The van der Waals surface area contributed by atoms with Gasteiger partial charge in [0, 0.05) is 13.6 Å². The van der Waals surface area contributed by atoms with Crippen LogP contribution in [0.1, 0.15) is 52.0 Å². The zero-order chi connectivity index (χ0) is 24.7. The molecule has 3 fully saturated rings. The highest BCUT2D eigenvalue weighted by molar-refractivity contribution is 5.99. The van der Waals surface area contributed by atoms with Gasteiger partial charge in [-0.05, 0) is 37.2 Å². The number of aliphatic hydroxyl groups is 1. The van der Waals surface area contributed by atoms with E-state index in [0.717, 1.165) is 5.56 Å². The summed E-state index contributed by atoms with van der Waals surface area (Å²) < 4.78 is 6.68. The number of carbonyl (C=O) groups is 3. The largest absolute Gasteiger partial charge is 0.394 e. The summed E-state index contributed by atoms with van der Waals surface area (Å²) in [5.41, 5.74) is -0.876. The topological polar surface area (TPSA) is 108 Å². The van der Waals surface area contributed by atoms with Crippen molar-refractivity contribution in [2.24, 2.45) is 17.8 Å². The lowest BCUT2D eigenvalue weighted by Crippen LogP contribution is -2.58. The summed E-state index contributed by atoms with van der Waals surface area (Å²) >= 11 is 0. The van der Waals surface area contributed by atoms with Gasteiger partial charge in [-0.1, -0.05) is 51.1 Å². The molecule has 8 nitrogen and oxygen atoms in total. The Balaban J connectivity index is 1.74. The standard InChI is InChI=1S/C26H37N3O5/c1-5-25-11-12-26(34-25)20(19(25)22(31)27-4)24(33)29(18(15-30)13-16(2)3)21(26)23(32)28-14-17-9-7-6-8-10-17/h6-10,16,18-21,30H,5,11-15H2,1-4H3,(H,27,31)(H,28,32)/t18-,19+,20+,21?,25-,26?/m1/s1. The number of hydrogen-bond donors (Lipinski definition) is 3. The van der Waals surface area contributed by atoms with E-state index in [9.17, 15) is 19.5 Å². The summed E-state index contributed by atoms with van der Waals surface area (Å²) in [4.78, 5) is 42.4. The Morgan fingerprint density at radius 2 is 1.91 bits per heavy atom. The second-order valence-electron chi connectivity index (χ2n) is 10.4. The smallest absolute Gasteiger partial charge is 0.246 e. The quantitative estimate of drug-likeness (QED) is 0.507. The van der Waals surface area contributed by atoms with E-state index in [1.165, 1.54) is 0 Å². The molecule has 0 aliphatic carbocycles. The van der Waals surface area contributed by atoms with Crippen molar-refractivity contribution in [2.45, 2.75) is 76.3 Å². The number of nitrogens with zero attached hydrogens (tertiary/aromatic N) is 1. The zero-order valence-corrected chi connectivity index (χ0v) is 20.5. The number of aliphatic hydroxyl groups excluding tert-OH is 1. The number of rotatable bonds is 9. The molecular formula is C26H37N3O5. The van der Waals surface area contributed by atoms with Gasteiger partial charge in [-0.3, -0.25) is 14.4 Å². The summed E-state index contributed by atoms with van der Waals surface area (Å²) in [6, 6.07) is 8.18. The molecule has 8 heteroatoms. The summed E-state index contributed by atoms with van der Waals surface area (Å²) in [6.45, 7) is 6.09. The summed E-state index contributed by atoms with van der Waals surface area (Å²) in [5, 5.41) is 16.0. The number of benzene rings is 1. The van der Waals surface area contributed by atoms with Crippen LogP contribution in [0, 0.1) is 17.8 Å². The number of carbonyl (C=O) groups excluding carboxylic acids is 3. The monoisotopic (exact) mass is 471 g/mol. The molecule has 2 unspecified atom stereocenters. The molecule has 3 N–H and O–H groups in total. The first-order valence-corrected chi connectivity index (χ1v) is 12.4. The first kappa shape index (κ1) is 24.7. The molecule has 2 bridgehead atoms. The zero-order valence-electron chi connectivity index (χ0n) is 20.5. The van der Waals surface area contributed by atoms with Crippen LogP contribution < -0.4 is 10.6 Å². The van der Waals surface area contributed by atoms with Crippen LogP contribution in [0.2, 0.25) is 0 Å². The third kappa shape index (κ3) is 3.71. The van der Waals surface area contributed by atoms with Gasteiger partial charge in [0.1, 0.15) is 11.6 Å². The predicted molar refractivity (Wildman–Crippen MR) is 126 cm³/mol. The number of hydrogen-bond acceptors (Lipinski definition) is 5. The molecule has 34 heavy (non-hydrogen) atoms. The maximum atomic E-state index is 14.0. The summed E-state index contributed by atoms with van der Waals surface area (Å²) in [7, 11) is 1.57. The molecule has 6 atom stereocenters. The van der Waals surface area contributed by atoms with Crippen LogP contribution >= 0.6 is 0 Å². The van der Waals surface area contributed by atoms with E-state index in [2.05, 4.69) is 10.6 Å². The van der Waals surface area contributed by atoms with Crippen LogP contribution in [0.15, 0.2) is 30.3 Å². The first-order valence-electron chi connectivity index (χ1n) is 12.4. The highest BCUT2D eigenvalue weighted by Gasteiger charge is 2.79. The number of nitrogens with one attached hydrogen (secondary N) is 2. The van der Waals surface area contributed by atoms with E-state index in [1.54, 1.807) is 11.9 Å². The van der Waals surface area contributed by atoms with Crippen LogP contribution in [0.25, 0.3) is 0 Å². The SMILES string of the molecule is CC[C@]12CCC3(O1)C(C(=O)NCc1ccccc1)N([C@@H](CO)CC(C)C)C(=O)[C@@H]3[C@H]2C(=O)NC. The molecule has 3 heterocycles. The second-order valence-corrected chi connectivity index (χ2v) is 10.4. The Bertz CT molecular complexity index is 938. The fraction of sp³-hybridized carbons (Fsp3) is 0.654. The maximum absolute atomic E-state index is 14.0. The van der Waals surface area contributed by atoms with E-state index in [4.69, 9.17) is 4.74 Å². The third-order valence-corrected chi connectivity index (χ3v) is 8.05. The minimum atomic E-state index is -1.07. The van der Waals surface area contributed by atoms with E-state index in [1.807, 2.05) is 51.1 Å². The highest BCUT2D eigenvalue weighted by atomic mass is 16.5. The fourth-order valence-electron chi connectivity index (χ4n) is 6.60. The van der Waals surface area contributed by atoms with Crippen LogP contribution in [0.4, 0.5) is 0 Å². The Morgan fingerprint density at radius 3 is 2.50 bits per heavy atom. The lowest BCUT2D eigenvalue weighted by Gasteiger charge is -2.37. The molecule has 1 aromatic carbocycles. The average Bonchev–Trinajstić information content (AvgIpc) is 3.44. The van der Waals surface area contributed by atoms with Gasteiger partial charge in [-0.15, -0.1) is 0 Å². The van der Waals surface area contributed by atoms with E-state index >= 15 is 0 Å². The molecular weight excluding hydrogens is 434 g/mol. The molecule has 3 aliphatic heterocycles. The van der Waals surface area contributed by atoms with E-state index in [0.29, 0.717) is 32.2 Å². The van der Waals surface area contributed by atoms with Gasteiger partial charge in [0.2, 0.25) is 17.7 Å². The van der Waals surface area contributed by atoms with Crippen LogP contribution in [0.3, 0.4) is 0 Å². The van der Waals surface area contributed by atoms with Crippen molar-refractivity contribution in [3.63, 3.8) is 0 Å². The van der Waals surface area contributed by atoms with Gasteiger partial charge >= 0.3 is 0 Å². The maximum Gasteiger partial charge on any atom is 0.246 e. The third-order valence-electron chi connectivity index (χ3n) is 8.05. The molecule has 0 saturated carbocycles. The van der Waals surface area contributed by atoms with Gasteiger partial charge in [-0.2, -0.15) is 0 Å². The second kappa shape index (κ2) is 9.30. The average molecular weight is 472 g/mol. The van der Waals surface area contributed by atoms with Crippen LogP contribution in [0.5, 0.6) is 0 Å². The molecule has 3 amide bonds. The van der Waals surface area contributed by atoms with Crippen molar-refractivity contribution in [1.82, 2.24) is 15.5 Å². The van der Waals surface area contributed by atoms with Crippen molar-refractivity contribution in [2.75, 3.05) is 13.7 Å². The normalized spacial score (nSPS) is 32.7. The van der Waals surface area contributed by atoms with Gasteiger partial charge in [0.25, 0.3) is 0 Å². The Labute approximate surface area is 201 Å². The molecule has 0 aromatic heterocycles. The Morgan fingerprint density at radius 1 is 1.21 bits per heavy atom. The van der Waals surface area contributed by atoms with Crippen molar-refractivity contribution in [1.29, 1.82) is 0 Å². The van der Waals surface area contributed by atoms with Gasteiger partial charge < -0.3 is 25.4 Å². The van der Waals surface area contributed by atoms with Crippen molar-refractivity contribution in [3.05, 3.63) is 35.9 Å². The lowest BCUT2D eigenvalue weighted by molar-refractivity contribution is -0.151. The van der Waals surface area contributed by atoms with Crippen LogP contribution in [-0.4, -0.2) is 64.7 Å². The van der Waals surface area contributed by atoms with Crippen molar-refractivity contribution >= 4 is 17.7 Å². The minimum Gasteiger partial charge on any atom is -0.394 e. The lowest BCUT2D eigenvalue weighted by atomic mass is 9.65. The molecule has 0 radical (unpaired) electrons. The highest BCUT2D eigenvalue weighted by Crippen LogP contribution is 2.64. The summed E-state index contributed by atoms with van der Waals surface area (Å²) in [5.74, 6) is -1.97. The van der Waals surface area contributed by atoms with E-state index in [-0.39, 0.29) is 30.2 Å². The summed E-state index contributed by atoms with van der Waals surface area (Å²) in [6.07, 6.45) is 2.29. The molecule has 3 aliphatic rings. The molecule has 1 aromatic rings. The number of ether oxygens (including phenoxy) is 1. The number of likely N-dealkylation sites (tertiary alicyclic amines) is 1. The number of fused-ring (bicyclic) bond motifs is 1. The van der Waals surface area contributed by atoms with Gasteiger partial charge in [-0.25, -0.2) is 0 Å². The van der Waals surface area contributed by atoms with Gasteiger partial charge in [0.05, 0.1) is 30.1 Å². The Hall–Kier alpha value is -2.45. The van der Waals surface area contributed by atoms with Gasteiger partial charge in [0.15, 0.2) is 0 Å². The fourth-order valence-corrected chi connectivity index (χ4v) is 6.60. The molecule has 1 spiro atoms. The molecule has 4 rings (SSSR count). The van der Waals surface area contributed by atoms with E-state index < -0.39 is 35.1 Å². The number of amides is 3. The minimum absolute atomic E-state index is 0.213. The van der Waals surface area contributed by atoms with Crippen LogP contribution in [-0.2, 0) is 25.7 Å². The first-order chi connectivity index (χ1) is 16.2. The van der Waals surface area contributed by atoms with Crippen molar-refractivity contribution < 1.29 is 24.2 Å². The predicted octanol–water partition coefficient (Wildman–Crippen LogP) is 1.61.